The van der Waals surface area contributed by atoms with Crippen LogP contribution in [0.15, 0.2) is 36.0 Å². The van der Waals surface area contributed by atoms with Crippen LogP contribution in [0.3, 0.4) is 0 Å². The summed E-state index contributed by atoms with van der Waals surface area (Å²) in [5.41, 5.74) is -2.31. The highest BCUT2D eigenvalue weighted by Crippen LogP contribution is 2.72. The van der Waals surface area contributed by atoms with Gasteiger partial charge in [-0.2, -0.15) is 10.4 Å². The van der Waals surface area contributed by atoms with Gasteiger partial charge in [0.1, 0.15) is 11.5 Å². The summed E-state index contributed by atoms with van der Waals surface area (Å²) in [5, 5.41) is 25.3. The Morgan fingerprint density at radius 3 is 2.65 bits per heavy atom. The Labute approximate surface area is 254 Å². The number of aromatic nitrogens is 2. The summed E-state index contributed by atoms with van der Waals surface area (Å²) < 4.78 is 39.5. The summed E-state index contributed by atoms with van der Waals surface area (Å²) in [6.07, 6.45) is 4.21. The lowest BCUT2D eigenvalue weighted by molar-refractivity contribution is -0.231. The second-order valence-corrected chi connectivity index (χ2v) is 14.2. The summed E-state index contributed by atoms with van der Waals surface area (Å²) in [4.78, 5) is 26.7. The summed E-state index contributed by atoms with van der Waals surface area (Å²) >= 11 is 0.832. The zero-order chi connectivity index (χ0) is 30.9. The minimum absolute atomic E-state index is 0.0462. The summed E-state index contributed by atoms with van der Waals surface area (Å²) in [5.74, 6) is -2.26. The van der Waals surface area contributed by atoms with Crippen LogP contribution in [0.4, 0.5) is 8.78 Å². The largest absolute Gasteiger partial charge is 0.449 e. The van der Waals surface area contributed by atoms with E-state index in [0.29, 0.717) is 31.4 Å². The number of hydrogen-bond donors (Lipinski definition) is 1. The molecule has 1 heterocycles. The summed E-state index contributed by atoms with van der Waals surface area (Å²) in [7, 11) is 0. The van der Waals surface area contributed by atoms with Crippen LogP contribution in [0.5, 0.6) is 0 Å². The molecule has 3 fully saturated rings. The summed E-state index contributed by atoms with van der Waals surface area (Å²) in [6, 6.07) is 8.06. The van der Waals surface area contributed by atoms with Crippen LogP contribution in [0, 0.1) is 45.7 Å². The van der Waals surface area contributed by atoms with Gasteiger partial charge in [0.2, 0.25) is 5.12 Å². The number of halogens is 2. The highest BCUT2D eigenvalue weighted by Gasteiger charge is 2.77. The molecule has 0 amide bonds. The lowest BCUT2D eigenvalue weighted by atomic mass is 9.44. The molecule has 228 valence electrons. The van der Waals surface area contributed by atoms with Crippen LogP contribution in [0.25, 0.3) is 11.8 Å². The van der Waals surface area contributed by atoms with Crippen molar-refractivity contribution in [2.45, 2.75) is 83.6 Å². The molecule has 2 aromatic rings. The lowest BCUT2D eigenvalue weighted by Crippen LogP contribution is -2.70. The third-order valence-electron chi connectivity index (χ3n) is 11.3. The number of ether oxygens (including phenoxy) is 1. The van der Waals surface area contributed by atoms with Crippen molar-refractivity contribution in [2.24, 2.45) is 28.6 Å². The van der Waals surface area contributed by atoms with Gasteiger partial charge in [0.05, 0.1) is 35.5 Å². The van der Waals surface area contributed by atoms with Gasteiger partial charge in [-0.15, -0.1) is 0 Å². The number of carbonyl (C=O) groups excluding carboxylic acids is 2. The van der Waals surface area contributed by atoms with E-state index in [0.717, 1.165) is 28.6 Å². The number of carbonyl (C=O) groups is 2. The fourth-order valence-corrected chi connectivity index (χ4v) is 10.2. The number of nitrogens with zero attached hydrogens (tertiary/aromatic N) is 3. The van der Waals surface area contributed by atoms with Crippen LogP contribution >= 0.6 is 11.8 Å². The zero-order valence-corrected chi connectivity index (χ0v) is 25.7. The van der Waals surface area contributed by atoms with Gasteiger partial charge in [-0.25, -0.2) is 13.5 Å². The predicted octanol–water partition coefficient (Wildman–Crippen LogP) is 5.98. The smallest absolute Gasteiger partial charge is 0.306 e. The maximum atomic E-state index is 18.1. The molecule has 8 atom stereocenters. The Hall–Kier alpha value is -3.03. The van der Waals surface area contributed by atoms with E-state index in [1.165, 1.54) is 12.1 Å². The van der Waals surface area contributed by atoms with E-state index < -0.39 is 51.1 Å². The first kappa shape index (κ1) is 30.0. The standard InChI is InChI=1S/C33H37F2N3O4S/c1-5-28(40)42-33(29(41)43-13-12-36)19(2)14-25-24-11-6-21-15-26-20(18-37-38(26)23-9-7-22(34)8-10-23)16-30(21,3)32(24,35)27(39)17-31(25,33)4/h7-10,15,18-19,24-25,27,39H,5-6,11,13-14,16-17H2,1-4H3/t19-,24+,25+,27+,30+,31+,32+,33+/m1/s1. The lowest BCUT2D eigenvalue weighted by Gasteiger charge is -2.63. The van der Waals surface area contributed by atoms with Crippen molar-refractivity contribution in [3.63, 3.8) is 0 Å². The van der Waals surface area contributed by atoms with Crippen molar-refractivity contribution < 1.29 is 28.2 Å². The molecule has 0 radical (unpaired) electrons. The van der Waals surface area contributed by atoms with Crippen LogP contribution < -0.4 is 0 Å². The molecule has 10 heteroatoms. The zero-order valence-electron chi connectivity index (χ0n) is 24.9. The number of esters is 1. The Morgan fingerprint density at radius 1 is 1.26 bits per heavy atom. The van der Waals surface area contributed by atoms with Gasteiger partial charge in [0, 0.05) is 29.1 Å². The van der Waals surface area contributed by atoms with E-state index in [-0.39, 0.29) is 30.3 Å². The Morgan fingerprint density at radius 2 is 1.98 bits per heavy atom. The van der Waals surface area contributed by atoms with Crippen LogP contribution in [-0.2, 0) is 20.7 Å². The van der Waals surface area contributed by atoms with Crippen LogP contribution in [0.1, 0.15) is 71.1 Å². The first-order valence-corrected chi connectivity index (χ1v) is 16.0. The minimum atomic E-state index is -2.00. The molecule has 1 aromatic carbocycles. The fourth-order valence-electron chi connectivity index (χ4n) is 9.31. The molecule has 7 nitrogen and oxygen atoms in total. The third kappa shape index (κ3) is 3.96. The van der Waals surface area contributed by atoms with E-state index in [9.17, 15) is 24.3 Å². The second kappa shape index (κ2) is 10.3. The Kier molecular flexibility index (Phi) is 7.17. The van der Waals surface area contributed by atoms with Gasteiger partial charge in [0.15, 0.2) is 5.60 Å². The van der Waals surface area contributed by atoms with Gasteiger partial charge >= 0.3 is 5.97 Å². The number of nitriles is 1. The predicted molar refractivity (Wildman–Crippen MR) is 158 cm³/mol. The normalized spacial score (nSPS) is 37.7. The monoisotopic (exact) mass is 609 g/mol. The number of aliphatic hydroxyl groups is 1. The number of aliphatic hydroxyl groups excluding tert-OH is 1. The fraction of sp³-hybridized carbons (Fsp3) is 0.576. The molecule has 0 aliphatic heterocycles. The maximum absolute atomic E-state index is 18.1. The second-order valence-electron chi connectivity index (χ2n) is 13.2. The highest BCUT2D eigenvalue weighted by atomic mass is 32.2. The molecule has 4 aliphatic rings. The van der Waals surface area contributed by atoms with Crippen molar-refractivity contribution in [3.05, 3.63) is 53.1 Å². The number of alkyl halides is 1. The van der Waals surface area contributed by atoms with Crippen molar-refractivity contribution in [2.75, 3.05) is 5.75 Å². The van der Waals surface area contributed by atoms with Gasteiger partial charge < -0.3 is 9.84 Å². The summed E-state index contributed by atoms with van der Waals surface area (Å²) in [6.45, 7) is 7.30. The number of rotatable bonds is 5. The molecule has 0 bridgehead atoms. The van der Waals surface area contributed by atoms with Crippen LogP contribution in [0.2, 0.25) is 0 Å². The van der Waals surface area contributed by atoms with Gasteiger partial charge in [0.25, 0.3) is 0 Å². The molecular weight excluding hydrogens is 572 g/mol. The van der Waals surface area contributed by atoms with Gasteiger partial charge in [-0.05, 0) is 73.9 Å². The first-order valence-electron chi connectivity index (χ1n) is 15.0. The Balaban J connectivity index is 1.41. The maximum Gasteiger partial charge on any atom is 0.306 e. The van der Waals surface area contributed by atoms with Crippen molar-refractivity contribution >= 4 is 28.9 Å². The number of hydrogen-bond acceptors (Lipinski definition) is 7. The van der Waals surface area contributed by atoms with E-state index in [1.807, 2.05) is 32.9 Å². The van der Waals surface area contributed by atoms with Gasteiger partial charge in [-0.1, -0.05) is 45.0 Å². The molecule has 1 N–H and O–H groups in total. The number of allylic oxidation sites excluding steroid dienone is 1. The number of benzene rings is 1. The Bertz CT molecular complexity index is 1550. The minimum Gasteiger partial charge on any atom is -0.449 e. The SMILES string of the molecule is CCC(=O)O[C@]1(C(=O)SCC#N)[C@H](C)C[C@H]2[C@@H]3CCC4=Cc5c(cnn5-c5ccc(F)cc5)C[C@]4(C)[C@@]3(F)[C@@H](O)C[C@@]21C. The van der Waals surface area contributed by atoms with Crippen molar-refractivity contribution in [1.29, 1.82) is 5.26 Å². The van der Waals surface area contributed by atoms with Gasteiger partial charge in [-0.3, -0.25) is 9.59 Å². The molecule has 6 rings (SSSR count). The van der Waals surface area contributed by atoms with Crippen molar-refractivity contribution in [3.8, 4) is 11.8 Å². The molecular formula is C33H37F2N3O4S. The molecule has 43 heavy (non-hydrogen) atoms. The van der Waals surface area contributed by atoms with E-state index in [4.69, 9.17) is 4.74 Å². The average molecular weight is 610 g/mol. The molecule has 4 aliphatic carbocycles. The molecule has 0 unspecified atom stereocenters. The van der Waals surface area contributed by atoms with Crippen molar-refractivity contribution in [1.82, 2.24) is 9.78 Å². The number of thioether (sulfide) groups is 1. The molecule has 0 spiro atoms. The quantitative estimate of drug-likeness (QED) is 0.416. The van der Waals surface area contributed by atoms with Crippen LogP contribution in [-0.4, -0.2) is 49.1 Å². The third-order valence-corrected chi connectivity index (χ3v) is 12.2. The highest BCUT2D eigenvalue weighted by molar-refractivity contribution is 8.14. The molecule has 1 aromatic heterocycles. The molecule has 0 saturated heterocycles. The first-order chi connectivity index (χ1) is 20.4. The molecule has 3 saturated carbocycles. The van der Waals surface area contributed by atoms with E-state index >= 15 is 4.39 Å². The van der Waals surface area contributed by atoms with E-state index in [1.54, 1.807) is 29.9 Å². The average Bonchev–Trinajstić information content (AvgIpc) is 3.47. The topological polar surface area (TPSA) is 105 Å². The number of fused-ring (bicyclic) bond motifs is 6. The van der Waals surface area contributed by atoms with E-state index in [2.05, 4.69) is 5.10 Å².